The van der Waals surface area contributed by atoms with Crippen molar-refractivity contribution in [1.82, 2.24) is 5.32 Å². The SMILES string of the molecule is CC(=Cc1ccc(F)cc1)C(=O)NC(C)CCC(=O)O. The summed E-state index contributed by atoms with van der Waals surface area (Å²) in [5, 5.41) is 11.3. The summed E-state index contributed by atoms with van der Waals surface area (Å²) in [5.41, 5.74) is 1.22. The number of halogens is 1. The summed E-state index contributed by atoms with van der Waals surface area (Å²) >= 11 is 0. The third-order valence-electron chi connectivity index (χ3n) is 2.78. The Balaban J connectivity index is 2.57. The number of hydrogen-bond acceptors (Lipinski definition) is 2. The van der Waals surface area contributed by atoms with E-state index in [1.165, 1.54) is 12.1 Å². The zero-order valence-electron chi connectivity index (χ0n) is 11.5. The lowest BCUT2D eigenvalue weighted by Crippen LogP contribution is -2.33. The first-order valence-electron chi connectivity index (χ1n) is 6.35. The molecule has 0 radical (unpaired) electrons. The molecular weight excluding hydrogens is 261 g/mol. The van der Waals surface area contributed by atoms with Gasteiger partial charge < -0.3 is 10.4 Å². The van der Waals surface area contributed by atoms with Gasteiger partial charge in [0.1, 0.15) is 5.82 Å². The van der Waals surface area contributed by atoms with Crippen LogP contribution < -0.4 is 5.32 Å². The van der Waals surface area contributed by atoms with Crippen LogP contribution in [-0.2, 0) is 9.59 Å². The fourth-order valence-electron chi connectivity index (χ4n) is 1.62. The number of benzene rings is 1. The van der Waals surface area contributed by atoms with Gasteiger partial charge in [-0.3, -0.25) is 9.59 Å². The van der Waals surface area contributed by atoms with Crippen molar-refractivity contribution in [3.63, 3.8) is 0 Å². The second-order valence-electron chi connectivity index (χ2n) is 4.69. The fourth-order valence-corrected chi connectivity index (χ4v) is 1.62. The highest BCUT2D eigenvalue weighted by molar-refractivity contribution is 5.97. The fraction of sp³-hybridized carbons (Fsp3) is 0.333. The number of rotatable bonds is 6. The molecule has 5 heteroatoms. The Hall–Kier alpha value is -2.17. The second kappa shape index (κ2) is 7.43. The van der Waals surface area contributed by atoms with Crippen LogP contribution in [0.15, 0.2) is 29.8 Å². The van der Waals surface area contributed by atoms with Gasteiger partial charge in [-0.05, 0) is 44.0 Å². The minimum absolute atomic E-state index is 0.0160. The molecule has 1 amide bonds. The molecule has 0 saturated heterocycles. The van der Waals surface area contributed by atoms with E-state index in [1.54, 1.807) is 32.1 Å². The molecule has 0 aromatic heterocycles. The molecule has 0 aliphatic heterocycles. The Morgan fingerprint density at radius 3 is 2.50 bits per heavy atom. The highest BCUT2D eigenvalue weighted by Crippen LogP contribution is 2.09. The van der Waals surface area contributed by atoms with Crippen molar-refractivity contribution >= 4 is 18.0 Å². The first kappa shape index (κ1) is 15.9. The molecule has 20 heavy (non-hydrogen) atoms. The molecule has 0 aliphatic rings. The number of nitrogens with one attached hydrogen (secondary N) is 1. The number of carbonyl (C=O) groups is 2. The maximum absolute atomic E-state index is 12.8. The van der Waals surface area contributed by atoms with Crippen LogP contribution in [0.25, 0.3) is 6.08 Å². The van der Waals surface area contributed by atoms with Crippen LogP contribution in [0, 0.1) is 5.82 Å². The first-order chi connectivity index (χ1) is 9.38. The van der Waals surface area contributed by atoms with Crippen molar-refractivity contribution in [3.05, 3.63) is 41.2 Å². The molecule has 0 aliphatic carbocycles. The van der Waals surface area contributed by atoms with E-state index in [2.05, 4.69) is 5.32 Å². The Morgan fingerprint density at radius 2 is 1.95 bits per heavy atom. The number of carbonyl (C=O) groups excluding carboxylic acids is 1. The zero-order valence-corrected chi connectivity index (χ0v) is 11.5. The van der Waals surface area contributed by atoms with E-state index in [-0.39, 0.29) is 24.2 Å². The maximum atomic E-state index is 12.8. The van der Waals surface area contributed by atoms with Gasteiger partial charge in [-0.1, -0.05) is 12.1 Å². The Bertz CT molecular complexity index is 508. The van der Waals surface area contributed by atoms with Gasteiger partial charge in [-0.2, -0.15) is 0 Å². The van der Waals surface area contributed by atoms with Crippen molar-refractivity contribution in [1.29, 1.82) is 0 Å². The lowest BCUT2D eigenvalue weighted by molar-refractivity contribution is -0.137. The van der Waals surface area contributed by atoms with Gasteiger partial charge >= 0.3 is 5.97 Å². The standard InChI is InChI=1S/C15H18FNO3/c1-10(9-12-4-6-13(16)7-5-12)15(20)17-11(2)3-8-14(18)19/h4-7,9,11H,3,8H2,1-2H3,(H,17,20)(H,18,19). The molecule has 1 atom stereocenters. The molecule has 1 aromatic rings. The Labute approximate surface area is 117 Å². The summed E-state index contributed by atoms with van der Waals surface area (Å²) in [6, 6.07) is 5.61. The third kappa shape index (κ3) is 5.65. The van der Waals surface area contributed by atoms with Crippen LogP contribution in [0.4, 0.5) is 4.39 Å². The molecule has 0 heterocycles. The van der Waals surface area contributed by atoms with E-state index >= 15 is 0 Å². The summed E-state index contributed by atoms with van der Waals surface area (Å²) < 4.78 is 12.8. The number of hydrogen-bond donors (Lipinski definition) is 2. The van der Waals surface area contributed by atoms with Crippen LogP contribution >= 0.6 is 0 Å². The summed E-state index contributed by atoms with van der Waals surface area (Å²) in [6.45, 7) is 3.41. The number of carboxylic acid groups (broad SMARTS) is 1. The highest BCUT2D eigenvalue weighted by Gasteiger charge is 2.10. The lowest BCUT2D eigenvalue weighted by Gasteiger charge is -2.13. The Morgan fingerprint density at radius 1 is 1.35 bits per heavy atom. The molecule has 4 nitrogen and oxygen atoms in total. The average Bonchev–Trinajstić information content (AvgIpc) is 2.39. The molecule has 0 fully saturated rings. The highest BCUT2D eigenvalue weighted by atomic mass is 19.1. The quantitative estimate of drug-likeness (QED) is 0.787. The van der Waals surface area contributed by atoms with Gasteiger partial charge in [0.05, 0.1) is 0 Å². The minimum atomic E-state index is -0.885. The normalized spacial score (nSPS) is 12.8. The predicted molar refractivity (Wildman–Crippen MR) is 74.5 cm³/mol. The number of aliphatic carboxylic acids is 1. The van der Waals surface area contributed by atoms with Gasteiger partial charge in [-0.25, -0.2) is 4.39 Å². The van der Waals surface area contributed by atoms with Crippen LogP contribution in [0.1, 0.15) is 32.3 Å². The minimum Gasteiger partial charge on any atom is -0.481 e. The Kier molecular flexibility index (Phi) is 5.90. The van der Waals surface area contributed by atoms with E-state index in [9.17, 15) is 14.0 Å². The van der Waals surface area contributed by atoms with Crippen molar-refractivity contribution in [2.45, 2.75) is 32.7 Å². The number of carboxylic acids is 1. The van der Waals surface area contributed by atoms with Gasteiger partial charge in [0.25, 0.3) is 0 Å². The van der Waals surface area contributed by atoms with Crippen molar-refractivity contribution in [3.8, 4) is 0 Å². The molecule has 1 aromatic carbocycles. The van der Waals surface area contributed by atoms with Crippen molar-refractivity contribution in [2.75, 3.05) is 0 Å². The van der Waals surface area contributed by atoms with Crippen molar-refractivity contribution < 1.29 is 19.1 Å². The van der Waals surface area contributed by atoms with E-state index in [0.717, 1.165) is 5.56 Å². The van der Waals surface area contributed by atoms with Crippen molar-refractivity contribution in [2.24, 2.45) is 0 Å². The average molecular weight is 279 g/mol. The second-order valence-corrected chi connectivity index (χ2v) is 4.69. The molecular formula is C15H18FNO3. The van der Waals surface area contributed by atoms with E-state index in [0.29, 0.717) is 12.0 Å². The smallest absolute Gasteiger partial charge is 0.303 e. The van der Waals surface area contributed by atoms with Crippen LogP contribution in [0.3, 0.4) is 0 Å². The monoisotopic (exact) mass is 279 g/mol. The van der Waals surface area contributed by atoms with E-state index in [1.807, 2.05) is 0 Å². The van der Waals surface area contributed by atoms with E-state index < -0.39 is 5.97 Å². The molecule has 0 bridgehead atoms. The summed E-state index contributed by atoms with van der Waals surface area (Å²) in [4.78, 5) is 22.3. The van der Waals surface area contributed by atoms with Gasteiger partial charge in [-0.15, -0.1) is 0 Å². The molecule has 1 rings (SSSR count). The first-order valence-corrected chi connectivity index (χ1v) is 6.35. The zero-order chi connectivity index (χ0) is 15.1. The topological polar surface area (TPSA) is 66.4 Å². The van der Waals surface area contributed by atoms with Crippen LogP contribution in [0.2, 0.25) is 0 Å². The molecule has 0 saturated carbocycles. The van der Waals surface area contributed by atoms with Crippen LogP contribution in [-0.4, -0.2) is 23.0 Å². The number of amides is 1. The summed E-state index contributed by atoms with van der Waals surface area (Å²) in [7, 11) is 0. The summed E-state index contributed by atoms with van der Waals surface area (Å²) in [5.74, 6) is -1.47. The summed E-state index contributed by atoms with van der Waals surface area (Å²) in [6.07, 6.45) is 2.05. The maximum Gasteiger partial charge on any atom is 0.303 e. The van der Waals surface area contributed by atoms with E-state index in [4.69, 9.17) is 5.11 Å². The van der Waals surface area contributed by atoms with Gasteiger partial charge in [0.15, 0.2) is 0 Å². The van der Waals surface area contributed by atoms with Gasteiger partial charge in [0, 0.05) is 18.0 Å². The molecule has 0 spiro atoms. The third-order valence-corrected chi connectivity index (χ3v) is 2.78. The molecule has 108 valence electrons. The van der Waals surface area contributed by atoms with Crippen LogP contribution in [0.5, 0.6) is 0 Å². The lowest BCUT2D eigenvalue weighted by atomic mass is 10.1. The van der Waals surface area contributed by atoms with Gasteiger partial charge in [0.2, 0.25) is 5.91 Å². The molecule has 1 unspecified atom stereocenters. The molecule has 2 N–H and O–H groups in total. The largest absolute Gasteiger partial charge is 0.481 e. The predicted octanol–water partition coefficient (Wildman–Crippen LogP) is 2.60.